The van der Waals surface area contributed by atoms with E-state index in [9.17, 15) is 9.59 Å². The largest absolute Gasteiger partial charge is 0.478 e. The molecule has 4 rings (SSSR count). The summed E-state index contributed by atoms with van der Waals surface area (Å²) < 4.78 is 16.5. The van der Waals surface area contributed by atoms with Gasteiger partial charge in [-0.15, -0.1) is 11.3 Å². The lowest BCUT2D eigenvalue weighted by molar-refractivity contribution is -0.149. The summed E-state index contributed by atoms with van der Waals surface area (Å²) in [6, 6.07) is 10.9. The summed E-state index contributed by atoms with van der Waals surface area (Å²) in [5, 5.41) is 4.65. The van der Waals surface area contributed by atoms with Crippen molar-refractivity contribution in [2.75, 3.05) is 5.32 Å². The summed E-state index contributed by atoms with van der Waals surface area (Å²) >= 11 is 1.52. The van der Waals surface area contributed by atoms with Gasteiger partial charge in [0.2, 0.25) is 5.89 Å². The van der Waals surface area contributed by atoms with E-state index in [2.05, 4.69) is 10.3 Å². The minimum absolute atomic E-state index is 0.0233. The highest BCUT2D eigenvalue weighted by Crippen LogP contribution is 2.30. The number of benzene rings is 1. The maximum atomic E-state index is 12.2. The van der Waals surface area contributed by atoms with Gasteiger partial charge in [0.15, 0.2) is 6.10 Å². The van der Waals surface area contributed by atoms with Gasteiger partial charge in [-0.3, -0.25) is 9.59 Å². The molecular weight excluding hydrogens is 368 g/mol. The van der Waals surface area contributed by atoms with Crippen LogP contribution in [0.5, 0.6) is 5.75 Å². The average Bonchev–Trinajstić information content (AvgIpc) is 3.30. The molecule has 1 amide bonds. The maximum Gasteiger partial charge on any atom is 0.310 e. The fraction of sp³-hybridized carbons (Fsp3) is 0.211. The molecule has 2 aromatic heterocycles. The number of nitrogens with zero attached hydrogens (tertiary/aromatic N) is 1. The van der Waals surface area contributed by atoms with E-state index in [0.29, 0.717) is 28.8 Å². The summed E-state index contributed by atoms with van der Waals surface area (Å²) in [5.41, 5.74) is 1.14. The van der Waals surface area contributed by atoms with Crippen LogP contribution in [0.25, 0.3) is 10.8 Å². The van der Waals surface area contributed by atoms with E-state index in [1.807, 2.05) is 17.5 Å². The number of oxazole rings is 1. The predicted molar refractivity (Wildman–Crippen MR) is 98.5 cm³/mol. The lowest BCUT2D eigenvalue weighted by atomic mass is 10.1. The van der Waals surface area contributed by atoms with Crippen molar-refractivity contribution in [2.24, 2.45) is 0 Å². The Balaban J connectivity index is 1.36. The molecule has 1 aliphatic heterocycles. The SMILES string of the molecule is Cc1oc(-c2cccs2)nc1COC(=O)CC1Oc2ccccc2NC1=O. The molecule has 0 radical (unpaired) electrons. The van der Waals surface area contributed by atoms with Crippen molar-refractivity contribution in [2.45, 2.75) is 26.1 Å². The standard InChI is InChI=1S/C19H16N2O5S/c1-11-13(21-19(25-11)16-7-4-8-27-16)10-24-17(22)9-15-18(23)20-12-5-2-3-6-14(12)26-15/h2-8,15H,9-10H2,1H3,(H,20,23). The first kappa shape index (κ1) is 17.3. The number of aromatic nitrogens is 1. The third-order valence-corrected chi connectivity index (χ3v) is 4.91. The van der Waals surface area contributed by atoms with Gasteiger partial charge in [0.1, 0.15) is 23.8 Å². The molecule has 1 unspecified atom stereocenters. The minimum Gasteiger partial charge on any atom is -0.478 e. The first-order chi connectivity index (χ1) is 13.1. The highest BCUT2D eigenvalue weighted by atomic mass is 32.1. The number of amides is 1. The Labute approximate surface area is 158 Å². The van der Waals surface area contributed by atoms with Crippen molar-refractivity contribution in [3.05, 3.63) is 53.2 Å². The number of carbonyl (C=O) groups excluding carboxylic acids is 2. The Kier molecular flexibility index (Phi) is 4.64. The Morgan fingerprint density at radius 2 is 2.15 bits per heavy atom. The van der Waals surface area contributed by atoms with E-state index in [-0.39, 0.29) is 18.9 Å². The molecule has 7 nitrogen and oxygen atoms in total. The molecule has 1 aromatic carbocycles. The van der Waals surface area contributed by atoms with E-state index in [1.165, 1.54) is 11.3 Å². The predicted octanol–water partition coefficient (Wildman–Crippen LogP) is 3.54. The number of hydrogen-bond donors (Lipinski definition) is 1. The van der Waals surface area contributed by atoms with Gasteiger partial charge in [0.25, 0.3) is 5.91 Å². The number of esters is 1. The van der Waals surface area contributed by atoms with Crippen LogP contribution in [0.3, 0.4) is 0 Å². The number of rotatable bonds is 5. The Bertz CT molecular complexity index is 980. The summed E-state index contributed by atoms with van der Waals surface area (Å²) in [6.45, 7) is 1.74. The lowest BCUT2D eigenvalue weighted by Gasteiger charge is -2.25. The second-order valence-electron chi connectivity index (χ2n) is 5.96. The van der Waals surface area contributed by atoms with Gasteiger partial charge in [-0.25, -0.2) is 4.98 Å². The van der Waals surface area contributed by atoms with Gasteiger partial charge in [-0.2, -0.15) is 0 Å². The molecular formula is C19H16N2O5S. The van der Waals surface area contributed by atoms with Crippen LogP contribution in [-0.4, -0.2) is 23.0 Å². The number of para-hydroxylation sites is 2. The van der Waals surface area contributed by atoms with Crippen LogP contribution in [0.4, 0.5) is 5.69 Å². The minimum atomic E-state index is -0.924. The highest BCUT2D eigenvalue weighted by Gasteiger charge is 2.30. The second-order valence-corrected chi connectivity index (χ2v) is 6.90. The number of thiophene rings is 1. The third kappa shape index (κ3) is 3.70. The van der Waals surface area contributed by atoms with Gasteiger partial charge >= 0.3 is 5.97 Å². The van der Waals surface area contributed by atoms with Gasteiger partial charge in [-0.1, -0.05) is 18.2 Å². The van der Waals surface area contributed by atoms with Crippen molar-refractivity contribution < 1.29 is 23.5 Å². The van der Waals surface area contributed by atoms with Crippen LogP contribution in [-0.2, 0) is 20.9 Å². The molecule has 1 atom stereocenters. The number of carbonyl (C=O) groups is 2. The maximum absolute atomic E-state index is 12.2. The van der Waals surface area contributed by atoms with Crippen molar-refractivity contribution in [3.8, 4) is 16.5 Å². The fourth-order valence-electron chi connectivity index (χ4n) is 2.65. The van der Waals surface area contributed by atoms with Gasteiger partial charge in [0.05, 0.1) is 17.0 Å². The number of aryl methyl sites for hydroxylation is 1. The van der Waals surface area contributed by atoms with Gasteiger partial charge in [-0.05, 0) is 30.5 Å². The Morgan fingerprint density at radius 3 is 2.96 bits per heavy atom. The second kappa shape index (κ2) is 7.24. The smallest absolute Gasteiger partial charge is 0.310 e. The highest BCUT2D eigenvalue weighted by molar-refractivity contribution is 7.13. The molecule has 1 aliphatic rings. The van der Waals surface area contributed by atoms with Gasteiger partial charge < -0.3 is 19.2 Å². The van der Waals surface area contributed by atoms with E-state index in [4.69, 9.17) is 13.9 Å². The van der Waals surface area contributed by atoms with Crippen LogP contribution in [0.2, 0.25) is 0 Å². The quantitative estimate of drug-likeness (QED) is 0.677. The lowest BCUT2D eigenvalue weighted by Crippen LogP contribution is -2.38. The summed E-state index contributed by atoms with van der Waals surface area (Å²) in [4.78, 5) is 29.5. The third-order valence-electron chi connectivity index (χ3n) is 4.05. The van der Waals surface area contributed by atoms with Crippen LogP contribution in [0.15, 0.2) is 46.2 Å². The van der Waals surface area contributed by atoms with Crippen molar-refractivity contribution >= 4 is 28.9 Å². The number of hydrogen-bond acceptors (Lipinski definition) is 7. The molecule has 0 saturated carbocycles. The van der Waals surface area contributed by atoms with Crippen LogP contribution < -0.4 is 10.1 Å². The van der Waals surface area contributed by atoms with Crippen LogP contribution in [0, 0.1) is 6.92 Å². The first-order valence-electron chi connectivity index (χ1n) is 8.32. The molecule has 0 aliphatic carbocycles. The van der Waals surface area contributed by atoms with Crippen molar-refractivity contribution in [1.82, 2.24) is 4.98 Å². The fourth-order valence-corrected chi connectivity index (χ4v) is 3.30. The van der Waals surface area contributed by atoms with Crippen LogP contribution in [0.1, 0.15) is 17.9 Å². The van der Waals surface area contributed by atoms with E-state index >= 15 is 0 Å². The molecule has 3 aromatic rings. The normalized spacial score (nSPS) is 15.6. The van der Waals surface area contributed by atoms with Crippen molar-refractivity contribution in [1.29, 1.82) is 0 Å². The molecule has 0 fully saturated rings. The van der Waals surface area contributed by atoms with Gasteiger partial charge in [0, 0.05) is 0 Å². The first-order valence-corrected chi connectivity index (χ1v) is 9.20. The molecule has 27 heavy (non-hydrogen) atoms. The molecule has 1 N–H and O–H groups in total. The zero-order chi connectivity index (χ0) is 18.8. The zero-order valence-corrected chi connectivity index (χ0v) is 15.2. The summed E-state index contributed by atoms with van der Waals surface area (Å²) in [5.74, 6) is 0.702. The average molecular weight is 384 g/mol. The van der Waals surface area contributed by atoms with Crippen LogP contribution >= 0.6 is 11.3 Å². The molecule has 138 valence electrons. The number of nitrogens with one attached hydrogen (secondary N) is 1. The van der Waals surface area contributed by atoms with E-state index in [0.717, 1.165) is 4.88 Å². The molecule has 0 spiro atoms. The number of ether oxygens (including phenoxy) is 2. The van der Waals surface area contributed by atoms with E-state index < -0.39 is 12.1 Å². The number of anilines is 1. The molecule has 0 saturated heterocycles. The number of fused-ring (bicyclic) bond motifs is 1. The van der Waals surface area contributed by atoms with E-state index in [1.54, 1.807) is 31.2 Å². The summed E-state index contributed by atoms with van der Waals surface area (Å²) in [6.07, 6.45) is -1.11. The monoisotopic (exact) mass is 384 g/mol. The molecule has 8 heteroatoms. The van der Waals surface area contributed by atoms with Crippen molar-refractivity contribution in [3.63, 3.8) is 0 Å². The zero-order valence-electron chi connectivity index (χ0n) is 14.4. The topological polar surface area (TPSA) is 90.7 Å². The molecule has 0 bridgehead atoms. The summed E-state index contributed by atoms with van der Waals surface area (Å²) in [7, 11) is 0. The Hall–Kier alpha value is -3.13. The Morgan fingerprint density at radius 1 is 1.30 bits per heavy atom. The molecule has 3 heterocycles.